The zero-order chi connectivity index (χ0) is 18.0. The third-order valence-electron chi connectivity index (χ3n) is 4.56. The molecule has 6 heteroatoms. The quantitative estimate of drug-likeness (QED) is 0.875. The van der Waals surface area contributed by atoms with Crippen molar-refractivity contribution < 1.29 is 19.1 Å². The number of para-hydroxylation sites is 1. The monoisotopic (exact) mass is 342 g/mol. The first-order valence-corrected chi connectivity index (χ1v) is 8.03. The molecule has 0 spiro atoms. The fraction of sp³-hybridized carbons (Fsp3) is 0.263. The van der Waals surface area contributed by atoms with Gasteiger partial charge < -0.3 is 15.3 Å². The summed E-state index contributed by atoms with van der Waals surface area (Å²) in [5.41, 5.74) is 0.868. The Bertz CT molecular complexity index is 807. The molecule has 1 unspecified atom stereocenters. The fourth-order valence-electron chi connectivity index (χ4n) is 3.09. The third-order valence-corrected chi connectivity index (χ3v) is 4.56. The molecule has 0 bridgehead atoms. The molecule has 0 aromatic heterocycles. The first-order valence-electron chi connectivity index (χ1n) is 8.03. The SMILES string of the molecule is CC(NC(=O)CN1CCc2ccccc21)(C(=O)O)c1ccc(F)cc1. The Balaban J connectivity index is 1.76. The van der Waals surface area contributed by atoms with E-state index in [4.69, 9.17) is 0 Å². The molecule has 130 valence electrons. The Kier molecular flexibility index (Phi) is 4.44. The summed E-state index contributed by atoms with van der Waals surface area (Å²) in [6.45, 7) is 2.19. The average molecular weight is 342 g/mol. The molecule has 1 aliphatic rings. The summed E-state index contributed by atoms with van der Waals surface area (Å²) in [5, 5.41) is 12.2. The summed E-state index contributed by atoms with van der Waals surface area (Å²) in [6, 6.07) is 12.9. The number of anilines is 1. The predicted octanol–water partition coefficient (Wildman–Crippen LogP) is 2.30. The van der Waals surface area contributed by atoms with Gasteiger partial charge in [0.1, 0.15) is 5.82 Å². The Morgan fingerprint density at radius 3 is 2.56 bits per heavy atom. The molecule has 1 heterocycles. The summed E-state index contributed by atoms with van der Waals surface area (Å²) < 4.78 is 13.1. The summed E-state index contributed by atoms with van der Waals surface area (Å²) in [7, 11) is 0. The Morgan fingerprint density at radius 1 is 1.20 bits per heavy atom. The molecule has 1 aliphatic heterocycles. The number of carbonyl (C=O) groups is 2. The molecule has 1 atom stereocenters. The molecule has 2 aromatic carbocycles. The highest BCUT2D eigenvalue weighted by Crippen LogP contribution is 2.27. The minimum absolute atomic E-state index is 0.0705. The number of carboxylic acid groups (broad SMARTS) is 1. The van der Waals surface area contributed by atoms with Crippen molar-refractivity contribution in [2.45, 2.75) is 18.9 Å². The molecule has 2 aromatic rings. The normalized spacial score (nSPS) is 15.4. The molecular weight excluding hydrogens is 323 g/mol. The van der Waals surface area contributed by atoms with Crippen LogP contribution in [0.5, 0.6) is 0 Å². The van der Waals surface area contributed by atoms with Crippen LogP contribution in [-0.4, -0.2) is 30.1 Å². The molecule has 5 nitrogen and oxygen atoms in total. The number of amides is 1. The van der Waals surface area contributed by atoms with Crippen LogP contribution in [0.4, 0.5) is 10.1 Å². The average Bonchev–Trinajstić information content (AvgIpc) is 2.98. The van der Waals surface area contributed by atoms with Gasteiger partial charge in [-0.3, -0.25) is 4.79 Å². The Morgan fingerprint density at radius 2 is 1.88 bits per heavy atom. The lowest BCUT2D eigenvalue weighted by Gasteiger charge is -2.28. The number of benzene rings is 2. The van der Waals surface area contributed by atoms with Crippen molar-refractivity contribution in [3.05, 3.63) is 65.5 Å². The molecule has 2 N–H and O–H groups in total. The Hall–Kier alpha value is -2.89. The van der Waals surface area contributed by atoms with Gasteiger partial charge in [0.15, 0.2) is 5.54 Å². The molecular formula is C19H19FN2O3. The second kappa shape index (κ2) is 6.55. The van der Waals surface area contributed by atoms with E-state index in [2.05, 4.69) is 5.32 Å². The summed E-state index contributed by atoms with van der Waals surface area (Å²) in [4.78, 5) is 26.2. The van der Waals surface area contributed by atoms with Crippen molar-refractivity contribution in [2.75, 3.05) is 18.0 Å². The third kappa shape index (κ3) is 3.33. The van der Waals surface area contributed by atoms with E-state index in [1.807, 2.05) is 29.2 Å². The van der Waals surface area contributed by atoms with E-state index >= 15 is 0 Å². The zero-order valence-electron chi connectivity index (χ0n) is 13.8. The minimum Gasteiger partial charge on any atom is -0.479 e. The van der Waals surface area contributed by atoms with Crippen LogP contribution < -0.4 is 10.2 Å². The number of rotatable bonds is 5. The van der Waals surface area contributed by atoms with Crippen molar-refractivity contribution in [2.24, 2.45) is 0 Å². The molecule has 0 radical (unpaired) electrons. The largest absolute Gasteiger partial charge is 0.479 e. The molecule has 0 fully saturated rings. The summed E-state index contributed by atoms with van der Waals surface area (Å²) in [6.07, 6.45) is 0.859. The van der Waals surface area contributed by atoms with Gasteiger partial charge in [0, 0.05) is 12.2 Å². The number of fused-ring (bicyclic) bond motifs is 1. The zero-order valence-corrected chi connectivity index (χ0v) is 13.8. The first kappa shape index (κ1) is 17.0. The van der Waals surface area contributed by atoms with Crippen LogP contribution in [0.1, 0.15) is 18.1 Å². The number of hydrogen-bond donors (Lipinski definition) is 2. The lowest BCUT2D eigenvalue weighted by Crippen LogP contribution is -2.52. The minimum atomic E-state index is -1.62. The standard InChI is InChI=1S/C19H19FN2O3/c1-19(18(24)25,14-6-8-15(20)9-7-14)21-17(23)12-22-11-10-13-4-2-3-5-16(13)22/h2-9H,10-12H2,1H3,(H,21,23)(H,24,25). The van der Waals surface area contributed by atoms with Gasteiger partial charge in [-0.05, 0) is 42.7 Å². The van der Waals surface area contributed by atoms with E-state index < -0.39 is 23.2 Å². The van der Waals surface area contributed by atoms with E-state index in [-0.39, 0.29) is 6.54 Å². The first-order chi connectivity index (χ1) is 11.9. The van der Waals surface area contributed by atoms with Gasteiger partial charge in [0.05, 0.1) is 6.54 Å². The maximum atomic E-state index is 13.1. The predicted molar refractivity (Wildman–Crippen MR) is 91.9 cm³/mol. The Labute approximate surface area is 145 Å². The van der Waals surface area contributed by atoms with Crippen LogP contribution in [0.2, 0.25) is 0 Å². The van der Waals surface area contributed by atoms with Gasteiger partial charge in [-0.2, -0.15) is 0 Å². The van der Waals surface area contributed by atoms with Crippen LogP contribution in [0.25, 0.3) is 0 Å². The van der Waals surface area contributed by atoms with E-state index in [1.54, 1.807) is 0 Å². The number of aliphatic carboxylic acids is 1. The van der Waals surface area contributed by atoms with Crippen LogP contribution in [0.3, 0.4) is 0 Å². The van der Waals surface area contributed by atoms with Crippen molar-refractivity contribution in [1.82, 2.24) is 5.32 Å². The van der Waals surface area contributed by atoms with Crippen molar-refractivity contribution in [3.63, 3.8) is 0 Å². The molecule has 0 saturated carbocycles. The molecule has 25 heavy (non-hydrogen) atoms. The number of nitrogens with one attached hydrogen (secondary N) is 1. The van der Waals surface area contributed by atoms with Crippen molar-refractivity contribution >= 4 is 17.6 Å². The number of hydrogen-bond acceptors (Lipinski definition) is 3. The van der Waals surface area contributed by atoms with E-state index in [1.165, 1.54) is 36.8 Å². The number of nitrogens with zero attached hydrogens (tertiary/aromatic N) is 1. The second-order valence-corrected chi connectivity index (χ2v) is 6.29. The summed E-state index contributed by atoms with van der Waals surface area (Å²) >= 11 is 0. The lowest BCUT2D eigenvalue weighted by atomic mass is 9.92. The van der Waals surface area contributed by atoms with Gasteiger partial charge >= 0.3 is 5.97 Å². The fourth-order valence-corrected chi connectivity index (χ4v) is 3.09. The van der Waals surface area contributed by atoms with Crippen LogP contribution in [0, 0.1) is 5.82 Å². The summed E-state index contributed by atoms with van der Waals surface area (Å²) in [5.74, 6) is -2.06. The number of carboxylic acids is 1. The highest BCUT2D eigenvalue weighted by atomic mass is 19.1. The highest BCUT2D eigenvalue weighted by Gasteiger charge is 2.37. The van der Waals surface area contributed by atoms with E-state index in [9.17, 15) is 19.1 Å². The smallest absolute Gasteiger partial charge is 0.333 e. The van der Waals surface area contributed by atoms with Gasteiger partial charge in [-0.25, -0.2) is 9.18 Å². The van der Waals surface area contributed by atoms with Gasteiger partial charge in [0.2, 0.25) is 5.91 Å². The second-order valence-electron chi connectivity index (χ2n) is 6.29. The van der Waals surface area contributed by atoms with Gasteiger partial charge in [0.25, 0.3) is 0 Å². The van der Waals surface area contributed by atoms with E-state index in [0.717, 1.165) is 12.1 Å². The van der Waals surface area contributed by atoms with Crippen LogP contribution in [0.15, 0.2) is 48.5 Å². The van der Waals surface area contributed by atoms with Gasteiger partial charge in [-0.15, -0.1) is 0 Å². The van der Waals surface area contributed by atoms with Crippen molar-refractivity contribution in [1.29, 1.82) is 0 Å². The maximum absolute atomic E-state index is 13.1. The number of halogens is 1. The lowest BCUT2D eigenvalue weighted by molar-refractivity contribution is -0.147. The molecule has 1 amide bonds. The maximum Gasteiger partial charge on any atom is 0.333 e. The highest BCUT2D eigenvalue weighted by molar-refractivity contribution is 5.90. The van der Waals surface area contributed by atoms with Gasteiger partial charge in [-0.1, -0.05) is 30.3 Å². The number of carbonyl (C=O) groups excluding carboxylic acids is 1. The molecule has 0 aliphatic carbocycles. The van der Waals surface area contributed by atoms with Crippen LogP contribution in [-0.2, 0) is 21.5 Å². The topological polar surface area (TPSA) is 69.6 Å². The van der Waals surface area contributed by atoms with Crippen LogP contribution >= 0.6 is 0 Å². The van der Waals surface area contributed by atoms with Crippen molar-refractivity contribution in [3.8, 4) is 0 Å². The molecule has 0 saturated heterocycles. The molecule has 3 rings (SSSR count). The van der Waals surface area contributed by atoms with E-state index in [0.29, 0.717) is 12.1 Å².